The van der Waals surface area contributed by atoms with Crippen LogP contribution >= 0.6 is 0 Å². The van der Waals surface area contributed by atoms with E-state index in [1.165, 1.54) is 50.2 Å². The Hall–Kier alpha value is -2.99. The molecule has 0 amide bonds. The third-order valence-electron chi connectivity index (χ3n) is 6.53. The van der Waals surface area contributed by atoms with Crippen LogP contribution in [0.5, 0.6) is 0 Å². The molecule has 3 heteroatoms. The van der Waals surface area contributed by atoms with Gasteiger partial charge in [0.2, 0.25) is 0 Å². The number of benzene rings is 3. The molecule has 0 heterocycles. The van der Waals surface area contributed by atoms with Gasteiger partial charge in [-0.05, 0) is 98.6 Å². The zero-order valence-electron chi connectivity index (χ0n) is 18.3. The number of halogens is 3. The first-order valence-electron chi connectivity index (χ1n) is 11.4. The zero-order valence-corrected chi connectivity index (χ0v) is 18.3. The maximum atomic E-state index is 13.9. The molecule has 0 bridgehead atoms. The highest BCUT2D eigenvalue weighted by Crippen LogP contribution is 2.37. The molecule has 0 saturated heterocycles. The summed E-state index contributed by atoms with van der Waals surface area (Å²) in [5.74, 6) is 3.83. The predicted molar refractivity (Wildman–Crippen MR) is 125 cm³/mol. The van der Waals surface area contributed by atoms with Crippen LogP contribution in [0.25, 0.3) is 10.8 Å². The van der Waals surface area contributed by atoms with E-state index in [9.17, 15) is 13.2 Å². The molecule has 1 fully saturated rings. The summed E-state index contributed by atoms with van der Waals surface area (Å²) in [5, 5.41) is 0.347. The largest absolute Gasteiger partial charge is 0.204 e. The molecule has 0 unspecified atom stereocenters. The highest BCUT2D eigenvalue weighted by molar-refractivity contribution is 5.84. The zero-order chi connectivity index (χ0) is 22.5. The van der Waals surface area contributed by atoms with E-state index in [0.29, 0.717) is 16.9 Å². The Labute approximate surface area is 188 Å². The Morgan fingerprint density at radius 2 is 1.53 bits per heavy atom. The lowest BCUT2D eigenvalue weighted by Crippen LogP contribution is -2.13. The first-order valence-corrected chi connectivity index (χ1v) is 11.4. The van der Waals surface area contributed by atoms with Crippen molar-refractivity contribution in [1.82, 2.24) is 0 Å². The molecule has 3 aromatic carbocycles. The normalized spacial score (nSPS) is 18.6. The van der Waals surface area contributed by atoms with Gasteiger partial charge < -0.3 is 0 Å². The topological polar surface area (TPSA) is 0 Å². The smallest absolute Gasteiger partial charge is 0.195 e. The lowest BCUT2D eigenvalue weighted by atomic mass is 9.77. The van der Waals surface area contributed by atoms with Crippen LogP contribution in [-0.4, -0.2) is 0 Å². The maximum Gasteiger partial charge on any atom is 0.195 e. The second-order valence-corrected chi connectivity index (χ2v) is 8.66. The summed E-state index contributed by atoms with van der Waals surface area (Å²) in [7, 11) is 0. The molecule has 3 aromatic rings. The fourth-order valence-electron chi connectivity index (χ4n) is 4.65. The average molecular weight is 433 g/mol. The van der Waals surface area contributed by atoms with E-state index >= 15 is 0 Å². The Balaban J connectivity index is 1.41. The average Bonchev–Trinajstić information content (AvgIpc) is 2.82. The fourth-order valence-corrected chi connectivity index (χ4v) is 4.65. The quantitative estimate of drug-likeness (QED) is 0.221. The van der Waals surface area contributed by atoms with Gasteiger partial charge in [0, 0.05) is 16.5 Å². The minimum Gasteiger partial charge on any atom is -0.204 e. The van der Waals surface area contributed by atoms with Crippen LogP contribution in [-0.2, 0) is 0 Å². The number of fused-ring (bicyclic) bond motifs is 1. The maximum absolute atomic E-state index is 13.9. The highest BCUT2D eigenvalue weighted by atomic mass is 19.2. The van der Waals surface area contributed by atoms with E-state index in [-0.39, 0.29) is 5.39 Å². The number of rotatable bonds is 4. The third-order valence-corrected chi connectivity index (χ3v) is 6.53. The molecule has 0 N–H and O–H groups in total. The van der Waals surface area contributed by atoms with Gasteiger partial charge in [-0.1, -0.05) is 42.2 Å². The molecule has 1 saturated carbocycles. The predicted octanol–water partition coefficient (Wildman–Crippen LogP) is 8.29. The van der Waals surface area contributed by atoms with Crippen molar-refractivity contribution >= 4 is 10.8 Å². The van der Waals surface area contributed by atoms with Crippen molar-refractivity contribution in [2.24, 2.45) is 5.92 Å². The van der Waals surface area contributed by atoms with Crippen molar-refractivity contribution in [2.75, 3.05) is 0 Å². The van der Waals surface area contributed by atoms with Crippen molar-refractivity contribution in [3.8, 4) is 11.8 Å². The lowest BCUT2D eigenvalue weighted by molar-refractivity contribution is 0.312. The Morgan fingerprint density at radius 1 is 0.844 bits per heavy atom. The van der Waals surface area contributed by atoms with Crippen LogP contribution in [0.2, 0.25) is 0 Å². The van der Waals surface area contributed by atoms with Gasteiger partial charge in [-0.15, -0.1) is 0 Å². The molecule has 4 rings (SSSR count). The van der Waals surface area contributed by atoms with Crippen molar-refractivity contribution < 1.29 is 13.2 Å². The Bertz CT molecular complexity index is 1170. The van der Waals surface area contributed by atoms with E-state index in [0.717, 1.165) is 17.5 Å². The molecule has 1 aliphatic rings. The van der Waals surface area contributed by atoms with E-state index in [2.05, 4.69) is 43.0 Å². The van der Waals surface area contributed by atoms with Gasteiger partial charge in [0.1, 0.15) is 0 Å². The molecular weight excluding hydrogens is 405 g/mol. The summed E-state index contributed by atoms with van der Waals surface area (Å²) >= 11 is 0. The molecular formula is C29H27F3. The van der Waals surface area contributed by atoms with Gasteiger partial charge in [0.15, 0.2) is 17.5 Å². The molecule has 164 valence electrons. The second kappa shape index (κ2) is 10.1. The van der Waals surface area contributed by atoms with Crippen molar-refractivity contribution in [2.45, 2.75) is 51.4 Å². The molecule has 0 aliphatic heterocycles. The SMILES string of the molecule is C/C=C/CCC1CCC(c2ccc(C#Cc3ccc4c(F)c(F)c(F)cc4c3)cc2)CC1. The molecule has 0 spiro atoms. The monoisotopic (exact) mass is 432 g/mol. The molecule has 0 atom stereocenters. The first-order chi connectivity index (χ1) is 15.5. The van der Waals surface area contributed by atoms with Gasteiger partial charge in [-0.2, -0.15) is 0 Å². The summed E-state index contributed by atoms with van der Waals surface area (Å²) in [6.45, 7) is 2.08. The Kier molecular flexibility index (Phi) is 7.00. The van der Waals surface area contributed by atoms with Gasteiger partial charge in [-0.25, -0.2) is 13.2 Å². The van der Waals surface area contributed by atoms with Crippen LogP contribution in [0.3, 0.4) is 0 Å². The van der Waals surface area contributed by atoms with E-state index in [4.69, 9.17) is 0 Å². The van der Waals surface area contributed by atoms with Crippen LogP contribution in [0, 0.1) is 35.2 Å². The lowest BCUT2D eigenvalue weighted by Gasteiger charge is -2.28. The number of hydrogen-bond acceptors (Lipinski definition) is 0. The summed E-state index contributed by atoms with van der Waals surface area (Å²) in [4.78, 5) is 0. The second-order valence-electron chi connectivity index (χ2n) is 8.66. The highest BCUT2D eigenvalue weighted by Gasteiger charge is 2.21. The van der Waals surface area contributed by atoms with E-state index in [1.54, 1.807) is 12.1 Å². The van der Waals surface area contributed by atoms with Gasteiger partial charge in [0.05, 0.1) is 0 Å². The Morgan fingerprint density at radius 3 is 2.25 bits per heavy atom. The van der Waals surface area contributed by atoms with Gasteiger partial charge >= 0.3 is 0 Å². The standard InChI is InChI=1S/C29H27F3/c1-2-3-4-5-20-8-13-23(14-9-20)24-15-10-21(11-16-24)6-7-22-12-17-26-25(18-22)19-27(30)29(32)28(26)31/h2-3,10-12,15-20,23H,4-5,8-9,13-14H2,1H3/b3-2+. The van der Waals surface area contributed by atoms with Crippen molar-refractivity contribution in [3.05, 3.63) is 94.8 Å². The van der Waals surface area contributed by atoms with Crippen LogP contribution in [0.1, 0.15) is 68.1 Å². The molecule has 0 aromatic heterocycles. The van der Waals surface area contributed by atoms with E-state index in [1.807, 2.05) is 12.1 Å². The summed E-state index contributed by atoms with van der Waals surface area (Å²) < 4.78 is 40.8. The summed E-state index contributed by atoms with van der Waals surface area (Å²) in [6.07, 6.45) is 12.0. The summed E-state index contributed by atoms with van der Waals surface area (Å²) in [6, 6.07) is 14.1. The minimum atomic E-state index is -1.45. The van der Waals surface area contributed by atoms with Gasteiger partial charge in [-0.3, -0.25) is 0 Å². The van der Waals surface area contributed by atoms with Crippen LogP contribution < -0.4 is 0 Å². The van der Waals surface area contributed by atoms with Crippen molar-refractivity contribution in [1.29, 1.82) is 0 Å². The molecule has 1 aliphatic carbocycles. The first kappa shape index (κ1) is 22.2. The number of allylic oxidation sites excluding steroid dienone is 2. The van der Waals surface area contributed by atoms with Gasteiger partial charge in [0.25, 0.3) is 0 Å². The molecule has 32 heavy (non-hydrogen) atoms. The minimum absolute atomic E-state index is 0.0513. The van der Waals surface area contributed by atoms with E-state index < -0.39 is 17.5 Å². The fraction of sp³-hybridized carbons (Fsp3) is 0.310. The van der Waals surface area contributed by atoms with Crippen LogP contribution in [0.15, 0.2) is 60.7 Å². The third kappa shape index (κ3) is 5.07. The molecule has 0 nitrogen and oxygen atoms in total. The molecule has 0 radical (unpaired) electrons. The van der Waals surface area contributed by atoms with Crippen molar-refractivity contribution in [3.63, 3.8) is 0 Å². The number of hydrogen-bond donors (Lipinski definition) is 0. The van der Waals surface area contributed by atoms with Crippen LogP contribution in [0.4, 0.5) is 13.2 Å². The summed E-state index contributed by atoms with van der Waals surface area (Å²) in [5.41, 5.74) is 2.90.